The van der Waals surface area contributed by atoms with Crippen LogP contribution in [0.4, 0.5) is 0 Å². The SMILES string of the molecule is CCCn1cc(Br)cc1C(=O)N[C@@H](CCSC)C(=O)O. The average molecular weight is 363 g/mol. The number of thioether (sulfide) groups is 1. The molecular formula is C13H19BrN2O3S. The Morgan fingerprint density at radius 3 is 2.80 bits per heavy atom. The van der Waals surface area contributed by atoms with Gasteiger partial charge < -0.3 is 15.0 Å². The van der Waals surface area contributed by atoms with Crippen molar-refractivity contribution < 1.29 is 14.7 Å². The molecule has 0 spiro atoms. The van der Waals surface area contributed by atoms with Gasteiger partial charge >= 0.3 is 5.97 Å². The summed E-state index contributed by atoms with van der Waals surface area (Å²) >= 11 is 4.90. The van der Waals surface area contributed by atoms with E-state index in [4.69, 9.17) is 5.11 Å². The second kappa shape index (κ2) is 8.36. The maximum atomic E-state index is 12.2. The molecule has 0 unspecified atom stereocenters. The number of carbonyl (C=O) groups is 2. The first kappa shape index (κ1) is 17.1. The molecule has 1 heterocycles. The Bertz CT molecular complexity index is 476. The van der Waals surface area contributed by atoms with Gasteiger partial charge in [0.15, 0.2) is 0 Å². The third-order valence-corrected chi connectivity index (χ3v) is 3.85. The van der Waals surface area contributed by atoms with E-state index in [1.54, 1.807) is 17.8 Å². The molecule has 0 aliphatic rings. The van der Waals surface area contributed by atoms with Gasteiger partial charge in [0, 0.05) is 17.2 Å². The summed E-state index contributed by atoms with van der Waals surface area (Å²) in [4.78, 5) is 23.4. The van der Waals surface area contributed by atoms with Gasteiger partial charge in [-0.1, -0.05) is 6.92 Å². The summed E-state index contributed by atoms with van der Waals surface area (Å²) in [5.41, 5.74) is 0.481. The van der Waals surface area contributed by atoms with Crippen LogP contribution in [-0.2, 0) is 11.3 Å². The van der Waals surface area contributed by atoms with E-state index in [1.807, 2.05) is 23.9 Å². The Kier molecular flexibility index (Phi) is 7.15. The minimum absolute atomic E-state index is 0.349. The van der Waals surface area contributed by atoms with E-state index in [0.717, 1.165) is 17.4 Å². The molecule has 0 saturated carbocycles. The van der Waals surface area contributed by atoms with Gasteiger partial charge in [0.1, 0.15) is 11.7 Å². The third kappa shape index (κ3) is 4.86. The fourth-order valence-electron chi connectivity index (χ4n) is 1.82. The van der Waals surface area contributed by atoms with E-state index >= 15 is 0 Å². The number of aryl methyl sites for hydroxylation is 1. The standard InChI is InChI=1S/C13H19BrN2O3S/c1-3-5-16-8-9(14)7-11(16)12(17)15-10(13(18)19)4-6-20-2/h7-8,10H,3-6H2,1-2H3,(H,15,17)(H,18,19)/t10-/m0/s1. The van der Waals surface area contributed by atoms with Crippen LogP contribution in [0.2, 0.25) is 0 Å². The number of hydrogen-bond acceptors (Lipinski definition) is 3. The highest BCUT2D eigenvalue weighted by Crippen LogP contribution is 2.16. The zero-order valence-corrected chi connectivity index (χ0v) is 14.0. The number of nitrogens with one attached hydrogen (secondary N) is 1. The molecule has 112 valence electrons. The van der Waals surface area contributed by atoms with Crippen LogP contribution < -0.4 is 5.32 Å². The Hall–Kier alpha value is -0.950. The minimum atomic E-state index is -1.000. The lowest BCUT2D eigenvalue weighted by molar-refractivity contribution is -0.139. The van der Waals surface area contributed by atoms with Gasteiger partial charge in [-0.3, -0.25) is 4.79 Å². The molecule has 0 aliphatic carbocycles. The zero-order chi connectivity index (χ0) is 15.1. The summed E-state index contributed by atoms with van der Waals surface area (Å²) in [6, 6.07) is 0.858. The predicted molar refractivity (Wildman–Crippen MR) is 84.3 cm³/mol. The van der Waals surface area contributed by atoms with E-state index < -0.39 is 12.0 Å². The molecule has 0 aliphatic heterocycles. The van der Waals surface area contributed by atoms with Crippen LogP contribution in [-0.4, -0.2) is 39.6 Å². The highest BCUT2D eigenvalue weighted by atomic mass is 79.9. The van der Waals surface area contributed by atoms with Crippen LogP contribution in [0.1, 0.15) is 30.3 Å². The van der Waals surface area contributed by atoms with E-state index in [0.29, 0.717) is 17.9 Å². The summed E-state index contributed by atoms with van der Waals surface area (Å²) in [5.74, 6) is -0.658. The number of carbonyl (C=O) groups excluding carboxylic acids is 1. The van der Waals surface area contributed by atoms with Gasteiger partial charge in [0.2, 0.25) is 0 Å². The minimum Gasteiger partial charge on any atom is -0.480 e. The molecule has 0 bridgehead atoms. The second-order valence-corrected chi connectivity index (χ2v) is 6.28. The van der Waals surface area contributed by atoms with Crippen LogP contribution in [0, 0.1) is 0 Å². The van der Waals surface area contributed by atoms with Crippen molar-refractivity contribution in [2.24, 2.45) is 0 Å². The number of carboxylic acids is 1. The van der Waals surface area contributed by atoms with Gasteiger partial charge in [0.05, 0.1) is 0 Å². The number of hydrogen-bond donors (Lipinski definition) is 2. The third-order valence-electron chi connectivity index (χ3n) is 2.77. The van der Waals surface area contributed by atoms with Crippen molar-refractivity contribution in [1.29, 1.82) is 0 Å². The first-order valence-electron chi connectivity index (χ1n) is 6.37. The first-order valence-corrected chi connectivity index (χ1v) is 8.56. The highest BCUT2D eigenvalue weighted by Gasteiger charge is 2.22. The number of halogens is 1. The predicted octanol–water partition coefficient (Wildman–Crippen LogP) is 2.60. The summed E-state index contributed by atoms with van der Waals surface area (Å²) < 4.78 is 2.64. The summed E-state index contributed by atoms with van der Waals surface area (Å²) in [7, 11) is 0. The Morgan fingerprint density at radius 2 is 2.25 bits per heavy atom. The van der Waals surface area contributed by atoms with Crippen LogP contribution in [0.25, 0.3) is 0 Å². The van der Waals surface area contributed by atoms with Crippen LogP contribution in [0.15, 0.2) is 16.7 Å². The fourth-order valence-corrected chi connectivity index (χ4v) is 2.75. The molecule has 7 heteroatoms. The quantitative estimate of drug-likeness (QED) is 0.745. The number of carboxylic acid groups (broad SMARTS) is 1. The number of amides is 1. The molecule has 1 aromatic rings. The van der Waals surface area contributed by atoms with Gasteiger partial charge in [-0.15, -0.1) is 0 Å². The molecule has 0 saturated heterocycles. The van der Waals surface area contributed by atoms with Crippen LogP contribution in [0.5, 0.6) is 0 Å². The molecule has 0 radical (unpaired) electrons. The van der Waals surface area contributed by atoms with Crippen molar-refractivity contribution in [1.82, 2.24) is 9.88 Å². The number of rotatable bonds is 8. The zero-order valence-electron chi connectivity index (χ0n) is 11.6. The molecule has 1 amide bonds. The van der Waals surface area contributed by atoms with Crippen molar-refractivity contribution in [3.05, 3.63) is 22.4 Å². The summed E-state index contributed by atoms with van der Waals surface area (Å²) in [6.07, 6.45) is 5.05. The average Bonchev–Trinajstić information content (AvgIpc) is 2.75. The highest BCUT2D eigenvalue weighted by molar-refractivity contribution is 9.10. The van der Waals surface area contributed by atoms with E-state index in [1.165, 1.54) is 0 Å². The molecule has 20 heavy (non-hydrogen) atoms. The number of aromatic nitrogens is 1. The molecule has 1 rings (SSSR count). The lowest BCUT2D eigenvalue weighted by atomic mass is 10.2. The number of nitrogens with zero attached hydrogens (tertiary/aromatic N) is 1. The lowest BCUT2D eigenvalue weighted by Gasteiger charge is -2.15. The molecule has 1 atom stereocenters. The van der Waals surface area contributed by atoms with Crippen molar-refractivity contribution in [3.63, 3.8) is 0 Å². The van der Waals surface area contributed by atoms with Gasteiger partial charge in [-0.2, -0.15) is 11.8 Å². The topological polar surface area (TPSA) is 71.3 Å². The molecule has 5 nitrogen and oxygen atoms in total. The van der Waals surface area contributed by atoms with Gasteiger partial charge in [0.25, 0.3) is 5.91 Å². The van der Waals surface area contributed by atoms with Gasteiger partial charge in [-0.05, 0) is 46.8 Å². The molecule has 1 aromatic heterocycles. The van der Waals surface area contributed by atoms with Gasteiger partial charge in [-0.25, -0.2) is 4.79 Å². The van der Waals surface area contributed by atoms with Crippen LogP contribution in [0.3, 0.4) is 0 Å². The van der Waals surface area contributed by atoms with Crippen LogP contribution >= 0.6 is 27.7 Å². The fraction of sp³-hybridized carbons (Fsp3) is 0.538. The monoisotopic (exact) mass is 362 g/mol. The normalized spacial score (nSPS) is 12.2. The maximum absolute atomic E-state index is 12.2. The van der Waals surface area contributed by atoms with E-state index in [2.05, 4.69) is 21.2 Å². The lowest BCUT2D eigenvalue weighted by Crippen LogP contribution is -2.41. The number of aliphatic carboxylic acids is 1. The smallest absolute Gasteiger partial charge is 0.326 e. The molecule has 0 aromatic carbocycles. The molecule has 0 fully saturated rings. The second-order valence-electron chi connectivity index (χ2n) is 4.38. The van der Waals surface area contributed by atoms with Crippen molar-refractivity contribution in [2.75, 3.05) is 12.0 Å². The molecular weight excluding hydrogens is 344 g/mol. The molecule has 2 N–H and O–H groups in total. The summed E-state index contributed by atoms with van der Waals surface area (Å²) in [6.45, 7) is 2.74. The Morgan fingerprint density at radius 1 is 1.55 bits per heavy atom. The maximum Gasteiger partial charge on any atom is 0.326 e. The Balaban J connectivity index is 2.80. The largest absolute Gasteiger partial charge is 0.480 e. The van der Waals surface area contributed by atoms with E-state index in [-0.39, 0.29) is 5.91 Å². The van der Waals surface area contributed by atoms with Crippen molar-refractivity contribution in [3.8, 4) is 0 Å². The Labute approximate surface area is 131 Å². The van der Waals surface area contributed by atoms with Crippen molar-refractivity contribution >= 4 is 39.6 Å². The summed E-state index contributed by atoms with van der Waals surface area (Å²) in [5, 5.41) is 11.7. The first-order chi connectivity index (χ1) is 9.49. The van der Waals surface area contributed by atoms with Crippen molar-refractivity contribution in [2.45, 2.75) is 32.4 Å². The van der Waals surface area contributed by atoms with E-state index in [9.17, 15) is 9.59 Å².